The van der Waals surface area contributed by atoms with Gasteiger partial charge in [-0.2, -0.15) is 0 Å². The van der Waals surface area contributed by atoms with Gasteiger partial charge in [0, 0.05) is 29.8 Å². The van der Waals surface area contributed by atoms with Gasteiger partial charge in [-0.05, 0) is 66.4 Å². The molecule has 4 unspecified atom stereocenters. The minimum absolute atomic E-state index is 0.112. The van der Waals surface area contributed by atoms with Crippen LogP contribution in [0.15, 0.2) is 60.7 Å². The molecular formula is C29H30ClFO5. The van der Waals surface area contributed by atoms with Crippen LogP contribution in [0.3, 0.4) is 0 Å². The van der Waals surface area contributed by atoms with Gasteiger partial charge in [-0.25, -0.2) is 4.39 Å². The second kappa shape index (κ2) is 10.4. The predicted octanol–water partition coefficient (Wildman–Crippen LogP) is 5.42. The summed E-state index contributed by atoms with van der Waals surface area (Å²) in [6.07, 6.45) is 1.02. The first-order valence-corrected chi connectivity index (χ1v) is 12.6. The third kappa shape index (κ3) is 5.68. The summed E-state index contributed by atoms with van der Waals surface area (Å²) in [5.74, 6) is 1.17. The van der Waals surface area contributed by atoms with Crippen molar-refractivity contribution in [2.75, 3.05) is 13.2 Å². The van der Waals surface area contributed by atoms with E-state index in [0.717, 1.165) is 28.0 Å². The fourth-order valence-electron chi connectivity index (χ4n) is 4.98. The van der Waals surface area contributed by atoms with Crippen molar-refractivity contribution >= 4 is 11.6 Å². The molecule has 0 saturated carbocycles. The van der Waals surface area contributed by atoms with Gasteiger partial charge in [-0.3, -0.25) is 0 Å². The van der Waals surface area contributed by atoms with Crippen LogP contribution in [0, 0.1) is 5.82 Å². The van der Waals surface area contributed by atoms with E-state index < -0.39 is 11.7 Å². The molecule has 0 radical (unpaired) electrons. The van der Waals surface area contributed by atoms with Gasteiger partial charge in [-0.15, -0.1) is 0 Å². The number of hydrogen-bond acceptors (Lipinski definition) is 5. The van der Waals surface area contributed by atoms with Crippen LogP contribution in [-0.2, 0) is 17.6 Å². The number of fused-ring (bicyclic) bond motifs is 1. The monoisotopic (exact) mass is 512 g/mol. The van der Waals surface area contributed by atoms with Crippen molar-refractivity contribution in [3.63, 3.8) is 0 Å². The molecule has 3 aromatic carbocycles. The van der Waals surface area contributed by atoms with E-state index in [0.29, 0.717) is 43.1 Å². The van der Waals surface area contributed by atoms with Gasteiger partial charge in [0.15, 0.2) is 0 Å². The van der Waals surface area contributed by atoms with Crippen LogP contribution >= 0.6 is 11.6 Å². The normalized spacial score (nSPS) is 25.3. The van der Waals surface area contributed by atoms with Crippen molar-refractivity contribution in [3.8, 4) is 11.5 Å². The van der Waals surface area contributed by atoms with Gasteiger partial charge in [0.25, 0.3) is 0 Å². The Labute approximate surface area is 215 Å². The Hall–Kier alpha value is -2.64. The lowest BCUT2D eigenvalue weighted by Gasteiger charge is -2.32. The second-order valence-corrected chi connectivity index (χ2v) is 10.4. The molecule has 2 heterocycles. The molecule has 0 aromatic heterocycles. The molecule has 3 aromatic rings. The molecule has 5 nitrogen and oxygen atoms in total. The third-order valence-corrected chi connectivity index (χ3v) is 7.20. The molecule has 0 amide bonds. The van der Waals surface area contributed by atoms with E-state index in [9.17, 15) is 14.6 Å². The summed E-state index contributed by atoms with van der Waals surface area (Å²) in [4.78, 5) is 0. The summed E-state index contributed by atoms with van der Waals surface area (Å²) >= 11 is 6.49. The SMILES string of the molecule is CC1(COc2ccc(Cc3cc(C4CC(O)CC(CO)O4)ccc3Cl)cc2)Cc2cc(F)ccc2O1. The molecule has 7 heteroatoms. The maximum Gasteiger partial charge on any atom is 0.144 e. The van der Waals surface area contributed by atoms with Crippen LogP contribution in [0.2, 0.25) is 5.02 Å². The van der Waals surface area contributed by atoms with Gasteiger partial charge in [0.05, 0.1) is 24.9 Å². The summed E-state index contributed by atoms with van der Waals surface area (Å²) in [6, 6.07) is 18.2. The summed E-state index contributed by atoms with van der Waals surface area (Å²) in [6.45, 7) is 2.20. The number of aliphatic hydroxyl groups excluding tert-OH is 2. The van der Waals surface area contributed by atoms with Crippen molar-refractivity contribution < 1.29 is 28.8 Å². The smallest absolute Gasteiger partial charge is 0.144 e. The molecule has 1 saturated heterocycles. The Bertz CT molecular complexity index is 1220. The number of benzene rings is 3. The molecular weight excluding hydrogens is 483 g/mol. The van der Waals surface area contributed by atoms with Crippen molar-refractivity contribution in [1.82, 2.24) is 0 Å². The van der Waals surface area contributed by atoms with Crippen LogP contribution in [0.1, 0.15) is 48.1 Å². The topological polar surface area (TPSA) is 68.2 Å². The molecule has 2 aliphatic heterocycles. The average molecular weight is 513 g/mol. The molecule has 36 heavy (non-hydrogen) atoms. The van der Waals surface area contributed by atoms with E-state index in [1.807, 2.05) is 49.4 Å². The Kier molecular flexibility index (Phi) is 7.22. The third-order valence-electron chi connectivity index (χ3n) is 6.83. The summed E-state index contributed by atoms with van der Waals surface area (Å²) < 4.78 is 31.5. The maximum atomic E-state index is 13.5. The molecule has 0 bridgehead atoms. The Morgan fingerprint density at radius 1 is 1.08 bits per heavy atom. The first-order chi connectivity index (χ1) is 17.3. The van der Waals surface area contributed by atoms with E-state index >= 15 is 0 Å². The fourth-order valence-corrected chi connectivity index (χ4v) is 5.17. The molecule has 2 aliphatic rings. The van der Waals surface area contributed by atoms with Crippen molar-refractivity contribution in [2.45, 2.75) is 56.5 Å². The highest BCUT2D eigenvalue weighted by atomic mass is 35.5. The van der Waals surface area contributed by atoms with Gasteiger partial charge in [-0.1, -0.05) is 35.9 Å². The van der Waals surface area contributed by atoms with Crippen molar-refractivity contribution in [3.05, 3.63) is 93.8 Å². The number of hydrogen-bond donors (Lipinski definition) is 2. The predicted molar refractivity (Wildman–Crippen MR) is 135 cm³/mol. The van der Waals surface area contributed by atoms with E-state index in [1.165, 1.54) is 12.1 Å². The Morgan fingerprint density at radius 3 is 2.67 bits per heavy atom. The van der Waals surface area contributed by atoms with E-state index in [2.05, 4.69) is 0 Å². The van der Waals surface area contributed by atoms with Crippen LogP contribution < -0.4 is 9.47 Å². The Balaban J connectivity index is 1.21. The molecule has 0 aliphatic carbocycles. The lowest BCUT2D eigenvalue weighted by molar-refractivity contribution is -0.113. The van der Waals surface area contributed by atoms with Crippen LogP contribution in [0.4, 0.5) is 4.39 Å². The number of ether oxygens (including phenoxy) is 3. The standard InChI is InChI=1S/C29H30ClFO5/c1-29(15-21-12-22(31)5-9-27(21)36-29)17-34-24-6-2-18(3-7-24)10-20-11-19(4-8-26(20)30)28-14-23(33)13-25(16-32)35-28/h2-9,11-12,23,25,28,32-33H,10,13-17H2,1H3. The first-order valence-electron chi connectivity index (χ1n) is 12.2. The van der Waals surface area contributed by atoms with Gasteiger partial charge in [0.1, 0.15) is 29.5 Å². The number of halogens is 2. The lowest BCUT2D eigenvalue weighted by Crippen LogP contribution is -2.37. The fraction of sp³-hybridized carbons (Fsp3) is 0.379. The zero-order valence-electron chi connectivity index (χ0n) is 20.1. The first kappa shape index (κ1) is 25.0. The quantitative estimate of drug-likeness (QED) is 0.442. The minimum atomic E-state index is -0.549. The maximum absolute atomic E-state index is 13.5. The number of rotatable bonds is 7. The average Bonchev–Trinajstić information content (AvgIpc) is 3.20. The van der Waals surface area contributed by atoms with Gasteiger partial charge < -0.3 is 24.4 Å². The highest BCUT2D eigenvalue weighted by Crippen LogP contribution is 2.36. The highest BCUT2D eigenvalue weighted by Gasteiger charge is 2.36. The van der Waals surface area contributed by atoms with Crippen LogP contribution in [0.25, 0.3) is 0 Å². The molecule has 190 valence electrons. The molecule has 2 N–H and O–H groups in total. The molecule has 5 rings (SSSR count). The zero-order valence-corrected chi connectivity index (χ0v) is 20.9. The molecule has 1 fully saturated rings. The van der Waals surface area contributed by atoms with E-state index in [4.69, 9.17) is 25.8 Å². The Morgan fingerprint density at radius 2 is 1.89 bits per heavy atom. The highest BCUT2D eigenvalue weighted by molar-refractivity contribution is 6.31. The van der Waals surface area contributed by atoms with Crippen molar-refractivity contribution in [1.29, 1.82) is 0 Å². The largest absolute Gasteiger partial charge is 0.489 e. The summed E-state index contributed by atoms with van der Waals surface area (Å²) in [5.41, 5.74) is 3.29. The molecule has 4 atom stereocenters. The van der Waals surface area contributed by atoms with Crippen LogP contribution in [-0.4, -0.2) is 41.2 Å². The van der Waals surface area contributed by atoms with E-state index in [1.54, 1.807) is 6.07 Å². The zero-order chi connectivity index (χ0) is 25.3. The van der Waals surface area contributed by atoms with Crippen LogP contribution in [0.5, 0.6) is 11.5 Å². The summed E-state index contributed by atoms with van der Waals surface area (Å²) in [5, 5.41) is 20.3. The number of aliphatic hydroxyl groups is 2. The van der Waals surface area contributed by atoms with Crippen molar-refractivity contribution in [2.24, 2.45) is 0 Å². The van der Waals surface area contributed by atoms with Gasteiger partial charge in [0.2, 0.25) is 0 Å². The minimum Gasteiger partial charge on any atom is -0.489 e. The van der Waals surface area contributed by atoms with Gasteiger partial charge >= 0.3 is 0 Å². The lowest BCUT2D eigenvalue weighted by atomic mass is 9.94. The summed E-state index contributed by atoms with van der Waals surface area (Å²) in [7, 11) is 0. The van der Waals surface area contributed by atoms with E-state index in [-0.39, 0.29) is 24.6 Å². The molecule has 0 spiro atoms. The second-order valence-electron chi connectivity index (χ2n) is 10.00.